The summed E-state index contributed by atoms with van der Waals surface area (Å²) in [6.45, 7) is 0.200. The van der Waals surface area contributed by atoms with Crippen LogP contribution in [0.15, 0.2) is 58.2 Å². The van der Waals surface area contributed by atoms with E-state index in [0.29, 0.717) is 30.7 Å². The topological polar surface area (TPSA) is 80.6 Å². The summed E-state index contributed by atoms with van der Waals surface area (Å²) in [6.07, 6.45) is -1.24. The number of nitrogens with zero attached hydrogens (tertiary/aromatic N) is 2. The molecule has 0 amide bonds. The van der Waals surface area contributed by atoms with Crippen LogP contribution in [0.4, 0.5) is 13.2 Å². The third-order valence-electron chi connectivity index (χ3n) is 5.12. The lowest BCUT2D eigenvalue weighted by atomic mass is 9.96. The molecule has 186 valence electrons. The summed E-state index contributed by atoms with van der Waals surface area (Å²) in [5.74, 6) is 0.0924. The second-order valence-electron chi connectivity index (χ2n) is 7.46. The molecule has 34 heavy (non-hydrogen) atoms. The van der Waals surface area contributed by atoms with E-state index in [2.05, 4.69) is 15.6 Å². The molecule has 2 aromatic rings. The highest BCUT2D eigenvalue weighted by Gasteiger charge is 2.33. The number of benzene rings is 1. The van der Waals surface area contributed by atoms with Gasteiger partial charge in [-0.25, -0.2) is 4.57 Å². The lowest BCUT2D eigenvalue weighted by Gasteiger charge is -2.37. The van der Waals surface area contributed by atoms with Crippen molar-refractivity contribution in [3.8, 4) is 5.75 Å². The number of aliphatic hydroxyl groups excluding tert-OH is 1. The summed E-state index contributed by atoms with van der Waals surface area (Å²) < 4.78 is 69.5. The van der Waals surface area contributed by atoms with Gasteiger partial charge in [-0.3, -0.25) is 9.05 Å². The molecule has 0 radical (unpaired) electrons. The van der Waals surface area contributed by atoms with Crippen LogP contribution < -0.4 is 4.74 Å². The van der Waals surface area contributed by atoms with Gasteiger partial charge in [0.15, 0.2) is 0 Å². The summed E-state index contributed by atoms with van der Waals surface area (Å²) >= 11 is 1.52. The van der Waals surface area contributed by atoms with Crippen molar-refractivity contribution in [1.29, 1.82) is 0 Å². The first-order valence-corrected chi connectivity index (χ1v) is 12.8. The standard InChI is InChI=1S/C22H26F3N2O5PS/c1-30-33(29,31-2)26-21-14-16(7-4-10-28)13-19(20-9-5-11-34-20)27(21)15-17-6-3-8-18(12-17)32-22(23,24)25/h3,5-6,8-9,11-13,19,28H,4,7,10,14-15H2,1-2H3/b26-21-. The van der Waals surface area contributed by atoms with Gasteiger partial charge in [-0.1, -0.05) is 29.8 Å². The van der Waals surface area contributed by atoms with Crippen LogP contribution in [-0.2, 0) is 20.2 Å². The normalized spacial score (nSPS) is 18.3. The second kappa shape index (κ2) is 11.5. The molecule has 3 rings (SSSR count). The van der Waals surface area contributed by atoms with Gasteiger partial charge in [-0.2, -0.15) is 4.76 Å². The Kier molecular flexibility index (Phi) is 8.95. The van der Waals surface area contributed by atoms with Crippen LogP contribution in [0.5, 0.6) is 5.75 Å². The van der Waals surface area contributed by atoms with E-state index in [-0.39, 0.29) is 24.9 Å². The first-order chi connectivity index (χ1) is 16.2. The summed E-state index contributed by atoms with van der Waals surface area (Å²) in [4.78, 5) is 2.84. The van der Waals surface area contributed by atoms with E-state index in [1.165, 1.54) is 43.8 Å². The van der Waals surface area contributed by atoms with Gasteiger partial charge in [0.1, 0.15) is 11.6 Å². The second-order valence-corrected chi connectivity index (χ2v) is 10.3. The SMILES string of the molecule is COP(=O)(/N=C1/CC(CCCO)=CC(c2cccs2)N1Cc1cccc(OC(F)(F)F)c1)OC. The van der Waals surface area contributed by atoms with Crippen molar-refractivity contribution in [1.82, 2.24) is 4.90 Å². The molecular formula is C22H26F3N2O5PS. The number of aliphatic hydroxyl groups is 1. The number of hydrogen-bond donors (Lipinski definition) is 1. The Balaban J connectivity index is 2.04. The minimum Gasteiger partial charge on any atom is -0.406 e. The van der Waals surface area contributed by atoms with E-state index in [0.717, 1.165) is 10.5 Å². The Labute approximate surface area is 200 Å². The number of ether oxygens (including phenoxy) is 1. The van der Waals surface area contributed by atoms with Crippen LogP contribution in [0.3, 0.4) is 0 Å². The van der Waals surface area contributed by atoms with Crippen LogP contribution in [0, 0.1) is 0 Å². The maximum atomic E-state index is 12.9. The highest BCUT2D eigenvalue weighted by molar-refractivity contribution is 7.52. The summed E-state index contributed by atoms with van der Waals surface area (Å²) in [6, 6.07) is 9.25. The maximum absolute atomic E-state index is 12.9. The van der Waals surface area contributed by atoms with Crippen molar-refractivity contribution in [2.24, 2.45) is 4.76 Å². The van der Waals surface area contributed by atoms with Gasteiger partial charge < -0.3 is 14.7 Å². The summed E-state index contributed by atoms with van der Waals surface area (Å²) in [7, 11) is -1.32. The first-order valence-electron chi connectivity index (χ1n) is 10.4. The molecule has 1 unspecified atom stereocenters. The Bertz CT molecular complexity index is 1050. The number of amidine groups is 1. The number of hydrogen-bond acceptors (Lipinski definition) is 6. The number of thiophene rings is 1. The van der Waals surface area contributed by atoms with Crippen molar-refractivity contribution in [2.45, 2.75) is 38.2 Å². The highest BCUT2D eigenvalue weighted by atomic mass is 32.1. The average Bonchev–Trinajstić information content (AvgIpc) is 3.33. The van der Waals surface area contributed by atoms with Crippen LogP contribution in [-0.4, -0.2) is 43.0 Å². The Hall–Kier alpha value is -2.17. The predicted molar refractivity (Wildman–Crippen MR) is 124 cm³/mol. The van der Waals surface area contributed by atoms with E-state index in [1.54, 1.807) is 6.07 Å². The van der Waals surface area contributed by atoms with E-state index in [1.807, 2.05) is 22.4 Å². The fourth-order valence-corrected chi connectivity index (χ4v) is 5.21. The van der Waals surface area contributed by atoms with Crippen molar-refractivity contribution in [3.05, 3.63) is 63.9 Å². The molecule has 0 saturated carbocycles. The zero-order chi connectivity index (χ0) is 24.8. The van der Waals surface area contributed by atoms with Crippen molar-refractivity contribution in [2.75, 3.05) is 20.8 Å². The van der Waals surface area contributed by atoms with Crippen LogP contribution in [0.1, 0.15) is 35.7 Å². The summed E-state index contributed by atoms with van der Waals surface area (Å²) in [5, 5.41) is 11.2. The molecule has 0 spiro atoms. The molecule has 1 aliphatic rings. The first kappa shape index (κ1) is 26.4. The third kappa shape index (κ3) is 7.16. The average molecular weight is 518 g/mol. The molecule has 0 bridgehead atoms. The van der Waals surface area contributed by atoms with E-state index in [9.17, 15) is 22.8 Å². The van der Waals surface area contributed by atoms with Crippen molar-refractivity contribution < 1.29 is 36.6 Å². The molecule has 1 aromatic carbocycles. The molecule has 0 saturated heterocycles. The quantitative estimate of drug-likeness (QED) is 0.303. The van der Waals surface area contributed by atoms with Gasteiger partial charge in [0.2, 0.25) is 0 Å². The van der Waals surface area contributed by atoms with Crippen molar-refractivity contribution >= 4 is 24.9 Å². The Morgan fingerprint density at radius 2 is 2.00 bits per heavy atom. The Morgan fingerprint density at radius 1 is 1.24 bits per heavy atom. The van der Waals surface area contributed by atoms with Gasteiger partial charge in [0.05, 0.1) is 6.04 Å². The fourth-order valence-electron chi connectivity index (χ4n) is 3.63. The van der Waals surface area contributed by atoms with E-state index < -0.39 is 14.1 Å². The lowest BCUT2D eigenvalue weighted by molar-refractivity contribution is -0.274. The van der Waals surface area contributed by atoms with E-state index >= 15 is 0 Å². The fraction of sp³-hybridized carbons (Fsp3) is 0.409. The Morgan fingerprint density at radius 3 is 2.62 bits per heavy atom. The number of alkyl halides is 3. The molecule has 2 heterocycles. The molecule has 1 atom stereocenters. The van der Waals surface area contributed by atoms with Gasteiger partial charge >= 0.3 is 14.1 Å². The number of halogens is 3. The van der Waals surface area contributed by atoms with Crippen LogP contribution >= 0.6 is 19.1 Å². The van der Waals surface area contributed by atoms with Crippen LogP contribution in [0.2, 0.25) is 0 Å². The zero-order valence-corrected chi connectivity index (χ0v) is 20.4. The smallest absolute Gasteiger partial charge is 0.406 e. The molecule has 7 nitrogen and oxygen atoms in total. The monoisotopic (exact) mass is 518 g/mol. The molecule has 1 aliphatic heterocycles. The number of rotatable bonds is 10. The minimum absolute atomic E-state index is 0.0256. The van der Waals surface area contributed by atoms with Gasteiger partial charge in [0, 0.05) is 38.7 Å². The maximum Gasteiger partial charge on any atom is 0.573 e. The highest BCUT2D eigenvalue weighted by Crippen LogP contribution is 2.50. The van der Waals surface area contributed by atoms with E-state index in [4.69, 9.17) is 9.05 Å². The molecule has 1 aromatic heterocycles. The van der Waals surface area contributed by atoms with Gasteiger partial charge in [0.25, 0.3) is 0 Å². The predicted octanol–water partition coefficient (Wildman–Crippen LogP) is 6.09. The lowest BCUT2D eigenvalue weighted by Crippen LogP contribution is -2.37. The molecule has 1 N–H and O–H groups in total. The van der Waals surface area contributed by atoms with Crippen LogP contribution in [0.25, 0.3) is 0 Å². The summed E-state index contributed by atoms with van der Waals surface area (Å²) in [5.41, 5.74) is 1.54. The zero-order valence-electron chi connectivity index (χ0n) is 18.7. The largest absolute Gasteiger partial charge is 0.573 e. The molecule has 0 fully saturated rings. The third-order valence-corrected chi connectivity index (χ3v) is 7.46. The molecular weight excluding hydrogens is 492 g/mol. The van der Waals surface area contributed by atoms with Crippen molar-refractivity contribution in [3.63, 3.8) is 0 Å². The minimum atomic E-state index is -4.80. The molecule has 12 heteroatoms. The molecule has 0 aliphatic carbocycles. The van der Waals surface area contributed by atoms with Gasteiger partial charge in [-0.15, -0.1) is 24.5 Å². The van der Waals surface area contributed by atoms with Gasteiger partial charge in [-0.05, 0) is 42.0 Å².